The van der Waals surface area contributed by atoms with Crippen LogP contribution >= 0.6 is 0 Å². The van der Waals surface area contributed by atoms with Crippen molar-refractivity contribution < 1.29 is 13.6 Å². The van der Waals surface area contributed by atoms with E-state index in [1.807, 2.05) is 32.0 Å². The molecule has 0 spiro atoms. The van der Waals surface area contributed by atoms with E-state index in [-0.39, 0.29) is 18.1 Å². The molecule has 1 heterocycles. The Morgan fingerprint density at radius 3 is 2.80 bits per heavy atom. The number of amides is 1. The molecule has 1 amide bonds. The summed E-state index contributed by atoms with van der Waals surface area (Å²) in [5, 5.41) is 2.90. The first-order valence-electron chi connectivity index (χ1n) is 8.09. The van der Waals surface area contributed by atoms with Crippen LogP contribution in [0.5, 0.6) is 0 Å². The Morgan fingerprint density at radius 2 is 2.00 bits per heavy atom. The Hall–Kier alpha value is -2.95. The van der Waals surface area contributed by atoms with Gasteiger partial charge in [-0.3, -0.25) is 4.79 Å². The highest BCUT2D eigenvalue weighted by Crippen LogP contribution is 2.23. The first kappa shape index (κ1) is 16.9. The van der Waals surface area contributed by atoms with Crippen molar-refractivity contribution in [1.82, 2.24) is 4.98 Å². The molecule has 1 aromatic heterocycles. The van der Waals surface area contributed by atoms with Gasteiger partial charge in [0.15, 0.2) is 11.7 Å². The maximum absolute atomic E-state index is 13.8. The molecule has 4 nitrogen and oxygen atoms in total. The summed E-state index contributed by atoms with van der Waals surface area (Å²) in [6, 6.07) is 12.3. The van der Waals surface area contributed by atoms with Crippen LogP contribution in [0.3, 0.4) is 0 Å². The molecular weight excluding hydrogens is 319 g/mol. The largest absolute Gasteiger partial charge is 0.441 e. The monoisotopic (exact) mass is 338 g/mol. The lowest BCUT2D eigenvalue weighted by atomic mass is 10.1. The van der Waals surface area contributed by atoms with E-state index >= 15 is 0 Å². The van der Waals surface area contributed by atoms with Gasteiger partial charge >= 0.3 is 0 Å². The SMILES string of the molecule is Cc1ccc(C)c(NC(=O)CCc2ncc(-c3ccccc3F)o2)c1. The van der Waals surface area contributed by atoms with Gasteiger partial charge in [0.1, 0.15) is 5.82 Å². The Morgan fingerprint density at radius 1 is 1.20 bits per heavy atom. The van der Waals surface area contributed by atoms with Gasteiger partial charge in [0, 0.05) is 18.5 Å². The van der Waals surface area contributed by atoms with Crippen LogP contribution in [0.15, 0.2) is 53.1 Å². The van der Waals surface area contributed by atoms with Crippen molar-refractivity contribution in [3.05, 3.63) is 71.5 Å². The molecule has 128 valence electrons. The third-order valence-electron chi connectivity index (χ3n) is 3.93. The smallest absolute Gasteiger partial charge is 0.224 e. The molecule has 2 aromatic carbocycles. The molecule has 0 radical (unpaired) electrons. The van der Waals surface area contributed by atoms with E-state index in [4.69, 9.17) is 4.42 Å². The molecule has 0 aliphatic heterocycles. The number of nitrogens with one attached hydrogen (secondary N) is 1. The van der Waals surface area contributed by atoms with Crippen LogP contribution in [0.1, 0.15) is 23.4 Å². The number of hydrogen-bond acceptors (Lipinski definition) is 3. The fraction of sp³-hybridized carbons (Fsp3) is 0.200. The molecule has 0 aliphatic rings. The number of anilines is 1. The quantitative estimate of drug-likeness (QED) is 0.735. The summed E-state index contributed by atoms with van der Waals surface area (Å²) >= 11 is 0. The molecule has 0 bridgehead atoms. The minimum atomic E-state index is -0.363. The van der Waals surface area contributed by atoms with Crippen molar-refractivity contribution in [3.8, 4) is 11.3 Å². The van der Waals surface area contributed by atoms with Crippen molar-refractivity contribution in [1.29, 1.82) is 0 Å². The van der Waals surface area contributed by atoms with Crippen LogP contribution in [0.2, 0.25) is 0 Å². The Kier molecular flexibility index (Phi) is 4.93. The highest BCUT2D eigenvalue weighted by atomic mass is 19.1. The van der Waals surface area contributed by atoms with E-state index in [9.17, 15) is 9.18 Å². The molecule has 1 N–H and O–H groups in total. The van der Waals surface area contributed by atoms with Crippen LogP contribution in [-0.2, 0) is 11.2 Å². The zero-order valence-corrected chi connectivity index (χ0v) is 14.2. The molecule has 0 unspecified atom stereocenters. The van der Waals surface area contributed by atoms with E-state index in [0.29, 0.717) is 23.6 Å². The molecule has 3 aromatic rings. The van der Waals surface area contributed by atoms with Crippen molar-refractivity contribution in [2.45, 2.75) is 26.7 Å². The minimum Gasteiger partial charge on any atom is -0.441 e. The topological polar surface area (TPSA) is 55.1 Å². The summed E-state index contributed by atoms with van der Waals surface area (Å²) in [6.07, 6.45) is 2.08. The second-order valence-electron chi connectivity index (χ2n) is 5.96. The van der Waals surface area contributed by atoms with E-state index in [1.54, 1.807) is 18.2 Å². The molecule has 0 fully saturated rings. The van der Waals surface area contributed by atoms with Crippen molar-refractivity contribution in [2.24, 2.45) is 0 Å². The molecule has 0 atom stereocenters. The Balaban J connectivity index is 1.61. The maximum atomic E-state index is 13.8. The number of carbonyl (C=O) groups excluding carboxylic acids is 1. The predicted molar refractivity (Wildman–Crippen MR) is 94.8 cm³/mol. The fourth-order valence-electron chi connectivity index (χ4n) is 2.52. The predicted octanol–water partition coefficient (Wildman–Crippen LogP) is 4.67. The summed E-state index contributed by atoms with van der Waals surface area (Å²) < 4.78 is 19.3. The zero-order valence-electron chi connectivity index (χ0n) is 14.2. The van der Waals surface area contributed by atoms with Gasteiger partial charge < -0.3 is 9.73 Å². The molecule has 5 heteroatoms. The van der Waals surface area contributed by atoms with Crippen molar-refractivity contribution in [3.63, 3.8) is 0 Å². The summed E-state index contributed by atoms with van der Waals surface area (Å²) in [5.41, 5.74) is 3.27. The van der Waals surface area contributed by atoms with E-state index in [2.05, 4.69) is 10.3 Å². The highest BCUT2D eigenvalue weighted by Gasteiger charge is 2.12. The van der Waals surface area contributed by atoms with Crippen LogP contribution in [0, 0.1) is 19.7 Å². The van der Waals surface area contributed by atoms with Crippen LogP contribution in [0.4, 0.5) is 10.1 Å². The van der Waals surface area contributed by atoms with Gasteiger partial charge in [-0.15, -0.1) is 0 Å². The first-order valence-corrected chi connectivity index (χ1v) is 8.09. The van der Waals surface area contributed by atoms with Crippen LogP contribution in [-0.4, -0.2) is 10.9 Å². The number of nitrogens with zero attached hydrogens (tertiary/aromatic N) is 1. The highest BCUT2D eigenvalue weighted by molar-refractivity contribution is 5.91. The lowest BCUT2D eigenvalue weighted by molar-refractivity contribution is -0.116. The van der Waals surface area contributed by atoms with Crippen LogP contribution in [0.25, 0.3) is 11.3 Å². The number of rotatable bonds is 5. The third-order valence-corrected chi connectivity index (χ3v) is 3.93. The van der Waals surface area contributed by atoms with E-state index in [1.165, 1.54) is 12.3 Å². The Labute approximate surface area is 145 Å². The van der Waals surface area contributed by atoms with Gasteiger partial charge in [0.2, 0.25) is 5.91 Å². The lowest BCUT2D eigenvalue weighted by Crippen LogP contribution is -2.13. The summed E-state index contributed by atoms with van der Waals surface area (Å²) in [4.78, 5) is 16.3. The normalized spacial score (nSPS) is 10.7. The first-order chi connectivity index (χ1) is 12.0. The zero-order chi connectivity index (χ0) is 17.8. The number of benzene rings is 2. The number of aromatic nitrogens is 1. The third kappa shape index (κ3) is 4.12. The molecule has 0 saturated carbocycles. The molecule has 0 saturated heterocycles. The minimum absolute atomic E-state index is 0.112. The van der Waals surface area contributed by atoms with Crippen molar-refractivity contribution in [2.75, 3.05) is 5.32 Å². The van der Waals surface area contributed by atoms with E-state index in [0.717, 1.165) is 16.8 Å². The summed E-state index contributed by atoms with van der Waals surface area (Å²) in [5.74, 6) is 0.301. The number of aryl methyl sites for hydroxylation is 3. The average molecular weight is 338 g/mol. The van der Waals surface area contributed by atoms with Crippen molar-refractivity contribution >= 4 is 11.6 Å². The summed E-state index contributed by atoms with van der Waals surface area (Å²) in [7, 11) is 0. The van der Waals surface area contributed by atoms with Gasteiger partial charge in [0.25, 0.3) is 0 Å². The molecule has 3 rings (SSSR count). The van der Waals surface area contributed by atoms with Gasteiger partial charge in [-0.05, 0) is 43.2 Å². The standard InChI is InChI=1S/C20H19FN2O2/c1-13-7-8-14(2)17(11-13)23-19(24)9-10-20-22-12-18(25-20)15-5-3-4-6-16(15)21/h3-8,11-12H,9-10H2,1-2H3,(H,23,24). The molecule has 25 heavy (non-hydrogen) atoms. The van der Waals surface area contributed by atoms with Gasteiger partial charge in [0.05, 0.1) is 11.8 Å². The fourth-order valence-corrected chi connectivity index (χ4v) is 2.52. The van der Waals surface area contributed by atoms with Gasteiger partial charge in [-0.1, -0.05) is 24.3 Å². The van der Waals surface area contributed by atoms with Gasteiger partial charge in [-0.2, -0.15) is 0 Å². The van der Waals surface area contributed by atoms with Crippen LogP contribution < -0.4 is 5.32 Å². The molecular formula is C20H19FN2O2. The van der Waals surface area contributed by atoms with E-state index < -0.39 is 0 Å². The second-order valence-corrected chi connectivity index (χ2v) is 5.96. The summed E-state index contributed by atoms with van der Waals surface area (Å²) in [6.45, 7) is 3.93. The number of hydrogen-bond donors (Lipinski definition) is 1. The number of halogens is 1. The number of oxazole rings is 1. The second kappa shape index (κ2) is 7.30. The molecule has 0 aliphatic carbocycles. The van der Waals surface area contributed by atoms with Gasteiger partial charge in [-0.25, -0.2) is 9.37 Å². The Bertz CT molecular complexity index is 902. The average Bonchev–Trinajstić information content (AvgIpc) is 3.05. The number of carbonyl (C=O) groups is 1. The maximum Gasteiger partial charge on any atom is 0.224 e. The lowest BCUT2D eigenvalue weighted by Gasteiger charge is -2.08.